The van der Waals surface area contributed by atoms with Gasteiger partial charge in [-0.2, -0.15) is 0 Å². The molecule has 4 nitrogen and oxygen atoms in total. The van der Waals surface area contributed by atoms with Crippen molar-refractivity contribution in [3.05, 3.63) is 105 Å². The van der Waals surface area contributed by atoms with E-state index >= 15 is 0 Å². The van der Waals surface area contributed by atoms with Gasteiger partial charge < -0.3 is 10.2 Å². The van der Waals surface area contributed by atoms with Crippen LogP contribution in [0.25, 0.3) is 0 Å². The molecule has 1 aliphatic carbocycles. The molecule has 1 aliphatic rings. The Bertz CT molecular complexity index is 1160. The first-order chi connectivity index (χ1) is 17.5. The number of nitrogens with zero attached hydrogens (tertiary/aromatic N) is 1. The van der Waals surface area contributed by atoms with E-state index in [-0.39, 0.29) is 24.3 Å². The van der Waals surface area contributed by atoms with Crippen LogP contribution in [0.3, 0.4) is 0 Å². The number of amides is 2. The lowest BCUT2D eigenvalue weighted by atomic mass is 10.0. The molecule has 0 aromatic heterocycles. The van der Waals surface area contributed by atoms with E-state index in [1.807, 2.05) is 78.9 Å². The predicted molar refractivity (Wildman–Crippen MR) is 149 cm³/mol. The Kier molecular flexibility index (Phi) is 9.60. The van der Waals surface area contributed by atoms with E-state index in [0.717, 1.165) is 46.8 Å². The largest absolute Gasteiger partial charge is 0.352 e. The summed E-state index contributed by atoms with van der Waals surface area (Å²) < 4.78 is 0.943. The number of hydrogen-bond acceptors (Lipinski definition) is 2. The highest BCUT2D eigenvalue weighted by Gasteiger charge is 2.32. The molecule has 188 valence electrons. The van der Waals surface area contributed by atoms with Crippen molar-refractivity contribution >= 4 is 39.3 Å². The van der Waals surface area contributed by atoms with Gasteiger partial charge in [0.1, 0.15) is 6.04 Å². The first kappa shape index (κ1) is 26.4. The van der Waals surface area contributed by atoms with Crippen LogP contribution in [0.4, 0.5) is 0 Å². The van der Waals surface area contributed by atoms with Gasteiger partial charge in [-0.15, -0.1) is 0 Å². The van der Waals surface area contributed by atoms with Crippen molar-refractivity contribution < 1.29 is 9.59 Å². The van der Waals surface area contributed by atoms with Crippen LogP contribution in [0.2, 0.25) is 5.02 Å². The van der Waals surface area contributed by atoms with Crippen molar-refractivity contribution in [2.24, 2.45) is 0 Å². The Hall–Kier alpha value is -2.63. The predicted octanol–water partition coefficient (Wildman–Crippen LogP) is 6.73. The molecule has 4 rings (SSSR count). The highest BCUT2D eigenvalue weighted by molar-refractivity contribution is 9.10. The van der Waals surface area contributed by atoms with Gasteiger partial charge in [0.25, 0.3) is 0 Å². The summed E-state index contributed by atoms with van der Waals surface area (Å²) in [7, 11) is 0. The molecule has 3 aromatic rings. The molecule has 0 radical (unpaired) electrons. The quantitative estimate of drug-likeness (QED) is 0.295. The van der Waals surface area contributed by atoms with Crippen molar-refractivity contribution in [2.75, 3.05) is 0 Å². The average molecular weight is 568 g/mol. The van der Waals surface area contributed by atoms with E-state index in [1.54, 1.807) is 4.90 Å². The maximum Gasteiger partial charge on any atom is 0.243 e. The smallest absolute Gasteiger partial charge is 0.243 e. The van der Waals surface area contributed by atoms with E-state index in [9.17, 15) is 9.59 Å². The summed E-state index contributed by atoms with van der Waals surface area (Å²) in [5.74, 6) is -0.135. The number of hydrogen-bond donors (Lipinski definition) is 1. The minimum Gasteiger partial charge on any atom is -0.352 e. The number of benzene rings is 3. The molecule has 0 spiro atoms. The topological polar surface area (TPSA) is 49.4 Å². The molecule has 0 heterocycles. The zero-order chi connectivity index (χ0) is 25.3. The zero-order valence-electron chi connectivity index (χ0n) is 20.3. The summed E-state index contributed by atoms with van der Waals surface area (Å²) in [5.41, 5.74) is 2.94. The summed E-state index contributed by atoms with van der Waals surface area (Å²) in [5, 5.41) is 3.91. The maximum absolute atomic E-state index is 13.8. The molecule has 1 saturated carbocycles. The molecule has 6 heteroatoms. The number of carbonyl (C=O) groups is 2. The third kappa shape index (κ3) is 7.44. The second kappa shape index (κ2) is 13.1. The number of halogens is 2. The molecule has 0 unspecified atom stereocenters. The van der Waals surface area contributed by atoms with Gasteiger partial charge >= 0.3 is 0 Å². The minimum absolute atomic E-state index is 0.0580. The molecule has 36 heavy (non-hydrogen) atoms. The van der Waals surface area contributed by atoms with Gasteiger partial charge in [0.2, 0.25) is 11.8 Å². The normalized spacial score (nSPS) is 14.4. The third-order valence-corrected chi connectivity index (χ3v) is 7.64. The van der Waals surface area contributed by atoms with Gasteiger partial charge in [-0.25, -0.2) is 0 Å². The highest BCUT2D eigenvalue weighted by atomic mass is 79.9. The van der Waals surface area contributed by atoms with Crippen molar-refractivity contribution in [1.82, 2.24) is 10.2 Å². The zero-order valence-corrected chi connectivity index (χ0v) is 22.7. The van der Waals surface area contributed by atoms with Crippen LogP contribution in [-0.4, -0.2) is 28.8 Å². The van der Waals surface area contributed by atoms with Gasteiger partial charge in [0.15, 0.2) is 0 Å². The van der Waals surface area contributed by atoms with Gasteiger partial charge in [0.05, 0.1) is 0 Å². The van der Waals surface area contributed by atoms with Crippen molar-refractivity contribution in [2.45, 2.75) is 63.6 Å². The Morgan fingerprint density at radius 2 is 1.64 bits per heavy atom. The first-order valence-corrected chi connectivity index (χ1v) is 13.8. The molecular weight excluding hydrogens is 536 g/mol. The first-order valence-electron chi connectivity index (χ1n) is 12.6. The van der Waals surface area contributed by atoms with E-state index in [1.165, 1.54) is 0 Å². The molecule has 0 aliphatic heterocycles. The highest BCUT2D eigenvalue weighted by Crippen LogP contribution is 2.23. The minimum atomic E-state index is -0.606. The fourth-order valence-electron chi connectivity index (χ4n) is 4.84. The molecule has 2 amide bonds. The average Bonchev–Trinajstić information content (AvgIpc) is 3.39. The molecule has 3 aromatic carbocycles. The van der Waals surface area contributed by atoms with Gasteiger partial charge in [-0.3, -0.25) is 9.59 Å². The molecule has 1 atom stereocenters. The maximum atomic E-state index is 13.8. The van der Waals surface area contributed by atoms with Crippen LogP contribution in [-0.2, 0) is 29.0 Å². The van der Waals surface area contributed by atoms with Crippen LogP contribution in [0.15, 0.2) is 83.3 Å². The van der Waals surface area contributed by atoms with Gasteiger partial charge in [0, 0.05) is 34.9 Å². The molecule has 0 saturated heterocycles. The lowest BCUT2D eigenvalue weighted by Crippen LogP contribution is -2.52. The van der Waals surface area contributed by atoms with Gasteiger partial charge in [-0.05, 0) is 54.2 Å². The lowest BCUT2D eigenvalue weighted by Gasteiger charge is -2.32. The monoisotopic (exact) mass is 566 g/mol. The number of aryl methyl sites for hydroxylation is 1. The summed E-state index contributed by atoms with van der Waals surface area (Å²) in [6.45, 7) is 0.358. The van der Waals surface area contributed by atoms with Crippen LogP contribution in [0.1, 0.15) is 48.8 Å². The molecular formula is C30H32BrClN2O2. The van der Waals surface area contributed by atoms with Crippen LogP contribution < -0.4 is 5.32 Å². The lowest BCUT2D eigenvalue weighted by molar-refractivity contribution is -0.141. The summed E-state index contributed by atoms with van der Waals surface area (Å²) in [6, 6.07) is 25.0. The van der Waals surface area contributed by atoms with E-state index in [2.05, 4.69) is 21.2 Å². The standard InChI is InChI=1S/C30H32BrClN2O2/c31-25-13-8-11-23(19-25)21-34(29(35)18-17-24-12-4-7-16-27(24)32)28(20-22-9-2-1-3-10-22)30(36)33-26-14-5-6-15-26/h1-4,7-13,16,19,26,28H,5-6,14-15,17-18,20-21H2,(H,33,36)/t28-/m1/s1. The summed E-state index contributed by atoms with van der Waals surface area (Å²) in [6.07, 6.45) is 5.52. The van der Waals surface area contributed by atoms with Crippen LogP contribution >= 0.6 is 27.5 Å². The fraction of sp³-hybridized carbons (Fsp3) is 0.333. The number of carbonyl (C=O) groups excluding carboxylic acids is 2. The summed E-state index contributed by atoms with van der Waals surface area (Å²) in [4.78, 5) is 29.2. The Balaban J connectivity index is 1.62. The SMILES string of the molecule is O=C(NC1CCCC1)[C@@H](Cc1ccccc1)N(Cc1cccc(Br)c1)C(=O)CCc1ccccc1Cl. The molecule has 1 fully saturated rings. The van der Waals surface area contributed by atoms with E-state index in [4.69, 9.17) is 11.6 Å². The van der Waals surface area contributed by atoms with Crippen molar-refractivity contribution in [1.29, 1.82) is 0 Å². The number of nitrogens with one attached hydrogen (secondary N) is 1. The van der Waals surface area contributed by atoms with Gasteiger partial charge in [-0.1, -0.05) is 101 Å². The van der Waals surface area contributed by atoms with Crippen LogP contribution in [0, 0.1) is 0 Å². The van der Waals surface area contributed by atoms with Crippen molar-refractivity contribution in [3.8, 4) is 0 Å². The van der Waals surface area contributed by atoms with Crippen molar-refractivity contribution in [3.63, 3.8) is 0 Å². The van der Waals surface area contributed by atoms with E-state index < -0.39 is 6.04 Å². The Morgan fingerprint density at radius 1 is 0.944 bits per heavy atom. The fourth-order valence-corrected chi connectivity index (χ4v) is 5.52. The Morgan fingerprint density at radius 3 is 2.36 bits per heavy atom. The molecule has 1 N–H and O–H groups in total. The third-order valence-electron chi connectivity index (χ3n) is 6.78. The number of rotatable bonds is 10. The second-order valence-corrected chi connectivity index (χ2v) is 10.8. The van der Waals surface area contributed by atoms with Crippen LogP contribution in [0.5, 0.6) is 0 Å². The second-order valence-electron chi connectivity index (χ2n) is 9.44. The Labute approximate surface area is 227 Å². The van der Waals surface area contributed by atoms with E-state index in [0.29, 0.717) is 24.4 Å². The summed E-state index contributed by atoms with van der Waals surface area (Å²) >= 11 is 9.89. The molecule has 0 bridgehead atoms.